The van der Waals surface area contributed by atoms with E-state index >= 15 is 0 Å². The van der Waals surface area contributed by atoms with Gasteiger partial charge in [0.05, 0.1) is 5.02 Å². The van der Waals surface area contributed by atoms with E-state index in [9.17, 15) is 4.79 Å². The van der Waals surface area contributed by atoms with E-state index in [1.807, 2.05) is 30.3 Å². The smallest absolute Gasteiger partial charge is 0.246 e. The zero-order valence-corrected chi connectivity index (χ0v) is 13.4. The lowest BCUT2D eigenvalue weighted by Gasteiger charge is -2.15. The number of benzene rings is 2. The highest BCUT2D eigenvalue weighted by atomic mass is 35.5. The van der Waals surface area contributed by atoms with Crippen LogP contribution in [0.3, 0.4) is 0 Å². The van der Waals surface area contributed by atoms with Crippen LogP contribution in [0.25, 0.3) is 6.08 Å². The van der Waals surface area contributed by atoms with Gasteiger partial charge in [-0.05, 0) is 29.3 Å². The second kappa shape index (κ2) is 6.75. The number of carbonyl (C=O) groups is 1. The molecule has 0 spiro atoms. The van der Waals surface area contributed by atoms with Gasteiger partial charge in [0.25, 0.3) is 0 Å². The molecular weight excluding hydrogens is 314 g/mol. The first-order valence-corrected chi connectivity index (χ1v) is 7.57. The van der Waals surface area contributed by atoms with Gasteiger partial charge in [-0.15, -0.1) is 0 Å². The number of ether oxygens (including phenoxy) is 2. The summed E-state index contributed by atoms with van der Waals surface area (Å²) in [6.45, 7) is 0.729. The first-order chi connectivity index (χ1) is 11.1. The molecule has 0 fully saturated rings. The Balaban J connectivity index is 1.67. The van der Waals surface area contributed by atoms with Crippen molar-refractivity contribution in [3.63, 3.8) is 0 Å². The van der Waals surface area contributed by atoms with E-state index in [0.29, 0.717) is 23.1 Å². The number of rotatable bonds is 4. The number of hydrogen-bond donors (Lipinski definition) is 0. The van der Waals surface area contributed by atoms with Gasteiger partial charge in [0.1, 0.15) is 0 Å². The van der Waals surface area contributed by atoms with E-state index in [1.54, 1.807) is 30.2 Å². The average molecular weight is 330 g/mol. The highest BCUT2D eigenvalue weighted by Gasteiger charge is 2.17. The number of nitrogens with zero attached hydrogens (tertiary/aromatic N) is 1. The summed E-state index contributed by atoms with van der Waals surface area (Å²) in [4.78, 5) is 13.8. The Bertz CT molecular complexity index is 743. The SMILES string of the molecule is CN(Cc1ccccc1)C(=O)/C=C/c1cc(Cl)c2c(c1)OCO2. The monoisotopic (exact) mass is 329 g/mol. The van der Waals surface area contributed by atoms with Crippen LogP contribution in [0, 0.1) is 0 Å². The molecule has 0 aliphatic carbocycles. The van der Waals surface area contributed by atoms with Crippen molar-refractivity contribution in [3.05, 3.63) is 64.7 Å². The zero-order chi connectivity index (χ0) is 16.2. The Kier molecular flexibility index (Phi) is 4.53. The summed E-state index contributed by atoms with van der Waals surface area (Å²) in [5.41, 5.74) is 1.88. The van der Waals surface area contributed by atoms with Crippen LogP contribution in [0.5, 0.6) is 11.5 Å². The predicted octanol–water partition coefficient (Wildman–Crippen LogP) is 3.74. The van der Waals surface area contributed by atoms with Gasteiger partial charge in [0, 0.05) is 19.7 Å². The molecule has 118 valence electrons. The number of hydrogen-bond acceptors (Lipinski definition) is 3. The van der Waals surface area contributed by atoms with Crippen molar-refractivity contribution in [3.8, 4) is 11.5 Å². The minimum Gasteiger partial charge on any atom is -0.454 e. The fraction of sp³-hybridized carbons (Fsp3) is 0.167. The van der Waals surface area contributed by atoms with Crippen molar-refractivity contribution in [1.82, 2.24) is 4.90 Å². The van der Waals surface area contributed by atoms with E-state index in [4.69, 9.17) is 21.1 Å². The number of amides is 1. The molecule has 4 nitrogen and oxygen atoms in total. The Labute approximate surface area is 139 Å². The number of fused-ring (bicyclic) bond motifs is 1. The molecule has 2 aromatic rings. The van der Waals surface area contributed by atoms with Crippen LogP contribution >= 0.6 is 11.6 Å². The first kappa shape index (κ1) is 15.4. The Morgan fingerprint density at radius 3 is 2.83 bits per heavy atom. The van der Waals surface area contributed by atoms with E-state index in [1.165, 1.54) is 6.08 Å². The van der Waals surface area contributed by atoms with E-state index in [0.717, 1.165) is 11.1 Å². The van der Waals surface area contributed by atoms with Gasteiger partial charge in [-0.3, -0.25) is 4.79 Å². The molecule has 3 rings (SSSR count). The summed E-state index contributed by atoms with van der Waals surface area (Å²) in [6, 6.07) is 13.4. The largest absolute Gasteiger partial charge is 0.454 e. The van der Waals surface area contributed by atoms with Crippen LogP contribution in [0.15, 0.2) is 48.5 Å². The highest BCUT2D eigenvalue weighted by Crippen LogP contribution is 2.40. The van der Waals surface area contributed by atoms with Crippen molar-refractivity contribution in [2.24, 2.45) is 0 Å². The van der Waals surface area contributed by atoms with Crippen molar-refractivity contribution in [2.75, 3.05) is 13.8 Å². The van der Waals surface area contributed by atoms with Gasteiger partial charge < -0.3 is 14.4 Å². The van der Waals surface area contributed by atoms with Crippen molar-refractivity contribution < 1.29 is 14.3 Å². The van der Waals surface area contributed by atoms with Crippen molar-refractivity contribution >= 4 is 23.6 Å². The van der Waals surface area contributed by atoms with Crippen LogP contribution in [-0.2, 0) is 11.3 Å². The van der Waals surface area contributed by atoms with Gasteiger partial charge >= 0.3 is 0 Å². The molecule has 0 N–H and O–H groups in total. The van der Waals surface area contributed by atoms with Crippen LogP contribution < -0.4 is 9.47 Å². The third-order valence-corrected chi connectivity index (χ3v) is 3.79. The molecule has 0 atom stereocenters. The minimum absolute atomic E-state index is 0.0809. The second-order valence-electron chi connectivity index (χ2n) is 5.25. The Hall–Kier alpha value is -2.46. The fourth-order valence-corrected chi connectivity index (χ4v) is 2.59. The maximum absolute atomic E-state index is 12.2. The summed E-state index contributed by atoms with van der Waals surface area (Å²) in [6.07, 6.45) is 3.24. The molecule has 1 aliphatic heterocycles. The molecule has 5 heteroatoms. The van der Waals surface area contributed by atoms with Gasteiger partial charge in [0.15, 0.2) is 11.5 Å². The standard InChI is InChI=1S/C18H16ClNO3/c1-20(11-13-5-3-2-4-6-13)17(21)8-7-14-9-15(19)18-16(10-14)22-12-23-18/h2-10H,11-12H2,1H3/b8-7+. The summed E-state index contributed by atoms with van der Waals surface area (Å²) in [5, 5.41) is 0.477. The third kappa shape index (κ3) is 3.66. The number of halogens is 1. The summed E-state index contributed by atoms with van der Waals surface area (Å²) < 4.78 is 10.6. The van der Waals surface area contributed by atoms with Crippen molar-refractivity contribution in [2.45, 2.75) is 6.54 Å². The molecule has 0 saturated heterocycles. The number of carbonyl (C=O) groups excluding carboxylic acids is 1. The predicted molar refractivity (Wildman–Crippen MR) is 89.5 cm³/mol. The molecule has 0 saturated carbocycles. The second-order valence-corrected chi connectivity index (χ2v) is 5.66. The fourth-order valence-electron chi connectivity index (χ4n) is 2.31. The van der Waals surface area contributed by atoms with Crippen LogP contribution in [0.2, 0.25) is 5.02 Å². The minimum atomic E-state index is -0.0809. The average Bonchev–Trinajstić information content (AvgIpc) is 3.02. The van der Waals surface area contributed by atoms with Gasteiger partial charge in [-0.2, -0.15) is 0 Å². The molecule has 1 heterocycles. The lowest BCUT2D eigenvalue weighted by Crippen LogP contribution is -2.23. The Morgan fingerprint density at radius 1 is 1.26 bits per heavy atom. The molecule has 2 aromatic carbocycles. The summed E-state index contributed by atoms with van der Waals surface area (Å²) >= 11 is 6.13. The van der Waals surface area contributed by atoms with Gasteiger partial charge in [-0.25, -0.2) is 0 Å². The van der Waals surface area contributed by atoms with Crippen molar-refractivity contribution in [1.29, 1.82) is 0 Å². The summed E-state index contributed by atoms with van der Waals surface area (Å²) in [7, 11) is 1.77. The van der Waals surface area contributed by atoms with E-state index in [-0.39, 0.29) is 12.7 Å². The molecule has 1 amide bonds. The van der Waals surface area contributed by atoms with Crippen LogP contribution in [0.1, 0.15) is 11.1 Å². The molecule has 0 radical (unpaired) electrons. The van der Waals surface area contributed by atoms with E-state index in [2.05, 4.69) is 0 Å². The maximum atomic E-state index is 12.2. The zero-order valence-electron chi connectivity index (χ0n) is 12.7. The summed E-state index contributed by atoms with van der Waals surface area (Å²) in [5.74, 6) is 1.07. The quantitative estimate of drug-likeness (QED) is 0.802. The van der Waals surface area contributed by atoms with Crippen LogP contribution in [0.4, 0.5) is 0 Å². The molecule has 0 unspecified atom stereocenters. The molecule has 23 heavy (non-hydrogen) atoms. The normalized spacial score (nSPS) is 12.6. The molecule has 0 aromatic heterocycles. The maximum Gasteiger partial charge on any atom is 0.246 e. The van der Waals surface area contributed by atoms with E-state index < -0.39 is 0 Å². The van der Waals surface area contributed by atoms with Crippen LogP contribution in [-0.4, -0.2) is 24.6 Å². The van der Waals surface area contributed by atoms with Gasteiger partial charge in [0.2, 0.25) is 12.7 Å². The lowest BCUT2D eigenvalue weighted by atomic mass is 10.1. The lowest BCUT2D eigenvalue weighted by molar-refractivity contribution is -0.125. The first-order valence-electron chi connectivity index (χ1n) is 7.20. The molecule has 1 aliphatic rings. The number of likely N-dealkylation sites (N-methyl/N-ethyl adjacent to an activating group) is 1. The third-order valence-electron chi connectivity index (χ3n) is 3.51. The topological polar surface area (TPSA) is 38.8 Å². The highest BCUT2D eigenvalue weighted by molar-refractivity contribution is 6.32. The Morgan fingerprint density at radius 2 is 2.04 bits per heavy atom. The van der Waals surface area contributed by atoms with Gasteiger partial charge in [-0.1, -0.05) is 41.9 Å². The molecular formula is C18H16ClNO3. The molecule has 0 bridgehead atoms.